The van der Waals surface area contributed by atoms with E-state index < -0.39 is 5.54 Å². The first-order valence-corrected chi connectivity index (χ1v) is 7.18. The van der Waals surface area contributed by atoms with E-state index in [0.717, 1.165) is 18.5 Å². The Morgan fingerprint density at radius 2 is 2.11 bits per heavy atom. The van der Waals surface area contributed by atoms with Crippen LogP contribution in [0.1, 0.15) is 31.4 Å². The monoisotopic (exact) mass is 281 g/mol. The van der Waals surface area contributed by atoms with Crippen LogP contribution >= 0.6 is 11.6 Å². The molecule has 0 saturated carbocycles. The van der Waals surface area contributed by atoms with Crippen molar-refractivity contribution < 1.29 is 9.53 Å². The maximum atomic E-state index is 12.3. The number of benzene rings is 1. The fourth-order valence-corrected chi connectivity index (χ4v) is 2.81. The molecule has 0 radical (unpaired) electrons. The Morgan fingerprint density at radius 3 is 2.79 bits per heavy atom. The van der Waals surface area contributed by atoms with Crippen molar-refractivity contribution in [1.29, 1.82) is 0 Å². The van der Waals surface area contributed by atoms with E-state index in [1.54, 1.807) is 0 Å². The number of carbonyl (C=O) groups excluding carboxylic acids is 1. The Bertz CT molecular complexity index is 475. The number of halogens is 1. The lowest BCUT2D eigenvalue weighted by atomic mass is 9.95. The van der Waals surface area contributed by atoms with Crippen LogP contribution in [0.5, 0.6) is 0 Å². The Hall–Kier alpha value is -1.06. The Morgan fingerprint density at radius 1 is 1.37 bits per heavy atom. The van der Waals surface area contributed by atoms with E-state index in [9.17, 15) is 4.79 Å². The number of hydrogen-bond donors (Lipinski definition) is 1. The molecule has 0 fully saturated rings. The molecule has 0 bridgehead atoms. The van der Waals surface area contributed by atoms with Gasteiger partial charge in [0.2, 0.25) is 0 Å². The van der Waals surface area contributed by atoms with E-state index in [4.69, 9.17) is 16.3 Å². The molecule has 3 nitrogen and oxygen atoms in total. The molecule has 4 heteroatoms. The van der Waals surface area contributed by atoms with Crippen molar-refractivity contribution in [3.63, 3.8) is 0 Å². The van der Waals surface area contributed by atoms with Crippen LogP contribution in [0, 0.1) is 0 Å². The molecule has 1 aliphatic rings. The van der Waals surface area contributed by atoms with E-state index in [-0.39, 0.29) is 5.97 Å². The van der Waals surface area contributed by atoms with Gasteiger partial charge in [0, 0.05) is 17.9 Å². The number of nitrogens with one attached hydrogen (secondary N) is 1. The summed E-state index contributed by atoms with van der Waals surface area (Å²) in [5.41, 5.74) is 1.71. The lowest BCUT2D eigenvalue weighted by Crippen LogP contribution is -2.54. The highest BCUT2D eigenvalue weighted by Gasteiger charge is 2.44. The standard InChI is InChI=1S/C15H20ClNO2/c1-3-7-17-15(14(18)19-4-2)9-11-5-6-13(16)8-12(11)10-15/h5-6,8,17H,3-4,7,9-10H2,1-2H3. The van der Waals surface area contributed by atoms with Gasteiger partial charge in [0.25, 0.3) is 0 Å². The van der Waals surface area contributed by atoms with Crippen molar-refractivity contribution in [3.8, 4) is 0 Å². The summed E-state index contributed by atoms with van der Waals surface area (Å²) in [6.45, 7) is 5.14. The minimum Gasteiger partial charge on any atom is -0.465 e. The van der Waals surface area contributed by atoms with Crippen LogP contribution in [0.2, 0.25) is 5.02 Å². The third-order valence-electron chi connectivity index (χ3n) is 3.53. The molecule has 1 aliphatic carbocycles. The highest BCUT2D eigenvalue weighted by atomic mass is 35.5. The molecule has 0 heterocycles. The highest BCUT2D eigenvalue weighted by molar-refractivity contribution is 6.30. The molecule has 0 aromatic heterocycles. The van der Waals surface area contributed by atoms with Gasteiger partial charge in [0.05, 0.1) is 6.61 Å². The van der Waals surface area contributed by atoms with E-state index in [2.05, 4.69) is 12.2 Å². The molecule has 1 atom stereocenters. The summed E-state index contributed by atoms with van der Waals surface area (Å²) in [7, 11) is 0. The third-order valence-corrected chi connectivity index (χ3v) is 3.77. The predicted molar refractivity (Wildman–Crippen MR) is 76.5 cm³/mol. The zero-order chi connectivity index (χ0) is 13.9. The van der Waals surface area contributed by atoms with Crippen molar-refractivity contribution in [2.45, 2.75) is 38.6 Å². The van der Waals surface area contributed by atoms with Gasteiger partial charge in [-0.05, 0) is 43.1 Å². The van der Waals surface area contributed by atoms with Crippen molar-refractivity contribution >= 4 is 17.6 Å². The number of rotatable bonds is 5. The summed E-state index contributed by atoms with van der Waals surface area (Å²) < 4.78 is 5.25. The average Bonchev–Trinajstić information content (AvgIpc) is 2.75. The molecule has 1 unspecified atom stereocenters. The van der Waals surface area contributed by atoms with Crippen LogP contribution in [-0.4, -0.2) is 24.7 Å². The third kappa shape index (κ3) is 2.93. The summed E-state index contributed by atoms with van der Waals surface area (Å²) in [6.07, 6.45) is 2.32. The van der Waals surface area contributed by atoms with Gasteiger partial charge in [0.15, 0.2) is 0 Å². The number of hydrogen-bond acceptors (Lipinski definition) is 3. The summed E-state index contributed by atoms with van der Waals surface area (Å²) in [6, 6.07) is 5.83. The highest BCUT2D eigenvalue weighted by Crippen LogP contribution is 2.33. The van der Waals surface area contributed by atoms with Crippen LogP contribution in [0.15, 0.2) is 18.2 Å². The normalized spacial score (nSPS) is 21.2. The number of carbonyl (C=O) groups is 1. The van der Waals surface area contributed by atoms with Gasteiger partial charge in [-0.1, -0.05) is 24.6 Å². The van der Waals surface area contributed by atoms with Crippen molar-refractivity contribution in [2.75, 3.05) is 13.2 Å². The maximum Gasteiger partial charge on any atom is 0.327 e. The van der Waals surface area contributed by atoms with Gasteiger partial charge >= 0.3 is 5.97 Å². The smallest absolute Gasteiger partial charge is 0.327 e. The molecule has 0 aliphatic heterocycles. The van der Waals surface area contributed by atoms with E-state index in [0.29, 0.717) is 24.5 Å². The Balaban J connectivity index is 2.25. The topological polar surface area (TPSA) is 38.3 Å². The molecule has 0 spiro atoms. The molecular formula is C15H20ClNO2. The second-order valence-corrected chi connectivity index (χ2v) is 5.43. The van der Waals surface area contributed by atoms with E-state index in [1.165, 1.54) is 5.56 Å². The minimum atomic E-state index is -0.612. The predicted octanol–water partition coefficient (Wildman–Crippen LogP) is 2.74. The first-order chi connectivity index (χ1) is 9.11. The van der Waals surface area contributed by atoms with Crippen LogP contribution in [-0.2, 0) is 22.4 Å². The van der Waals surface area contributed by atoms with E-state index in [1.807, 2.05) is 25.1 Å². The lowest BCUT2D eigenvalue weighted by Gasteiger charge is -2.27. The largest absolute Gasteiger partial charge is 0.465 e. The SMILES string of the molecule is CCCNC1(C(=O)OCC)Cc2ccc(Cl)cc2C1. The maximum absolute atomic E-state index is 12.3. The average molecular weight is 282 g/mol. The van der Waals surface area contributed by atoms with Crippen LogP contribution < -0.4 is 5.32 Å². The van der Waals surface area contributed by atoms with Crippen molar-refractivity contribution in [3.05, 3.63) is 34.3 Å². The molecule has 0 amide bonds. The second kappa shape index (κ2) is 5.93. The van der Waals surface area contributed by atoms with Crippen LogP contribution in [0.4, 0.5) is 0 Å². The van der Waals surface area contributed by atoms with Gasteiger partial charge in [0.1, 0.15) is 5.54 Å². The lowest BCUT2D eigenvalue weighted by molar-refractivity contribution is -0.150. The van der Waals surface area contributed by atoms with Gasteiger partial charge in [-0.15, -0.1) is 0 Å². The van der Waals surface area contributed by atoms with Gasteiger partial charge in [-0.3, -0.25) is 4.79 Å². The van der Waals surface area contributed by atoms with Gasteiger partial charge in [-0.2, -0.15) is 0 Å². The molecule has 1 aromatic carbocycles. The van der Waals surface area contributed by atoms with Crippen LogP contribution in [0.3, 0.4) is 0 Å². The first-order valence-electron chi connectivity index (χ1n) is 6.81. The molecule has 104 valence electrons. The summed E-state index contributed by atoms with van der Waals surface area (Å²) >= 11 is 6.02. The molecule has 1 N–H and O–H groups in total. The quantitative estimate of drug-likeness (QED) is 0.844. The second-order valence-electron chi connectivity index (χ2n) is 5.00. The number of esters is 1. The zero-order valence-corrected chi connectivity index (χ0v) is 12.2. The molecular weight excluding hydrogens is 262 g/mol. The Labute approximate surface area is 119 Å². The minimum absolute atomic E-state index is 0.157. The summed E-state index contributed by atoms with van der Waals surface area (Å²) in [5.74, 6) is -0.157. The van der Waals surface area contributed by atoms with Gasteiger partial charge < -0.3 is 10.1 Å². The van der Waals surface area contributed by atoms with Crippen LogP contribution in [0.25, 0.3) is 0 Å². The molecule has 1 aromatic rings. The first kappa shape index (κ1) is 14.4. The summed E-state index contributed by atoms with van der Waals surface area (Å²) in [5, 5.41) is 4.09. The molecule has 0 saturated heterocycles. The molecule has 19 heavy (non-hydrogen) atoms. The Kier molecular flexibility index (Phi) is 4.48. The number of ether oxygens (including phenoxy) is 1. The fourth-order valence-electron chi connectivity index (χ4n) is 2.62. The number of fused-ring (bicyclic) bond motifs is 1. The molecule has 2 rings (SSSR count). The van der Waals surface area contributed by atoms with Gasteiger partial charge in [-0.25, -0.2) is 0 Å². The fraction of sp³-hybridized carbons (Fsp3) is 0.533. The van der Waals surface area contributed by atoms with Crippen molar-refractivity contribution in [2.24, 2.45) is 0 Å². The zero-order valence-electron chi connectivity index (χ0n) is 11.5. The van der Waals surface area contributed by atoms with Crippen molar-refractivity contribution in [1.82, 2.24) is 5.32 Å². The van der Waals surface area contributed by atoms with E-state index >= 15 is 0 Å². The summed E-state index contributed by atoms with van der Waals surface area (Å²) in [4.78, 5) is 12.3.